The maximum atomic E-state index is 11.6. The third kappa shape index (κ3) is 2.79. The summed E-state index contributed by atoms with van der Waals surface area (Å²) < 4.78 is 1.60. The third-order valence-corrected chi connectivity index (χ3v) is 2.56. The quantitative estimate of drug-likeness (QED) is 0.856. The van der Waals surface area contributed by atoms with Crippen LogP contribution >= 0.6 is 0 Å². The Bertz CT molecular complexity index is 575. The van der Waals surface area contributed by atoms with Crippen LogP contribution in [0.1, 0.15) is 16.7 Å². The fraction of sp³-hybridized carbons (Fsp3) is 0.231. The normalized spacial score (nSPS) is 10.5. The Morgan fingerprint density at radius 3 is 2.88 bits per heavy atom. The number of rotatable bonds is 3. The summed E-state index contributed by atoms with van der Waals surface area (Å²) in [5.74, 6) is 0. The van der Waals surface area contributed by atoms with E-state index < -0.39 is 0 Å². The molecule has 2 aromatic rings. The van der Waals surface area contributed by atoms with E-state index in [1.807, 2.05) is 37.4 Å². The molecule has 1 aromatic carbocycles. The monoisotopic (exact) mass is 229 g/mol. The molecule has 0 saturated carbocycles. The first-order valence-corrected chi connectivity index (χ1v) is 5.50. The Morgan fingerprint density at radius 2 is 2.12 bits per heavy atom. The van der Waals surface area contributed by atoms with E-state index in [0.717, 1.165) is 16.7 Å². The van der Waals surface area contributed by atoms with Gasteiger partial charge in [0.25, 0.3) is 0 Å². The second kappa shape index (κ2) is 4.93. The van der Waals surface area contributed by atoms with Crippen molar-refractivity contribution in [2.45, 2.75) is 20.0 Å². The zero-order valence-corrected chi connectivity index (χ0v) is 9.76. The summed E-state index contributed by atoms with van der Waals surface area (Å²) in [5, 5.41) is 0. The summed E-state index contributed by atoms with van der Waals surface area (Å²) >= 11 is 0. The van der Waals surface area contributed by atoms with Crippen molar-refractivity contribution in [1.29, 1.82) is 0 Å². The number of nitrogens with two attached hydrogens (primary N) is 1. The van der Waals surface area contributed by atoms with Crippen LogP contribution in [0.2, 0.25) is 0 Å². The molecule has 0 unspecified atom stereocenters. The molecule has 0 amide bonds. The Hall–Kier alpha value is -1.94. The molecule has 1 heterocycles. The molecule has 4 heteroatoms. The molecule has 0 bridgehead atoms. The summed E-state index contributed by atoms with van der Waals surface area (Å²) in [6, 6.07) is 7.91. The van der Waals surface area contributed by atoms with Crippen LogP contribution in [0.5, 0.6) is 0 Å². The Morgan fingerprint density at radius 1 is 1.35 bits per heavy atom. The highest BCUT2D eigenvalue weighted by atomic mass is 16.1. The number of aromatic nitrogens is 2. The van der Waals surface area contributed by atoms with Gasteiger partial charge in [-0.2, -0.15) is 0 Å². The van der Waals surface area contributed by atoms with Gasteiger partial charge < -0.3 is 5.73 Å². The molecule has 0 aliphatic rings. The predicted octanol–water partition coefficient (Wildman–Crippen LogP) is 1.06. The van der Waals surface area contributed by atoms with E-state index in [-0.39, 0.29) is 5.69 Å². The van der Waals surface area contributed by atoms with Crippen molar-refractivity contribution in [1.82, 2.24) is 9.55 Å². The molecule has 0 spiro atoms. The van der Waals surface area contributed by atoms with Crippen molar-refractivity contribution >= 4 is 0 Å². The maximum absolute atomic E-state index is 11.6. The summed E-state index contributed by atoms with van der Waals surface area (Å²) in [4.78, 5) is 15.4. The molecule has 0 atom stereocenters. The van der Waals surface area contributed by atoms with Crippen LogP contribution in [0, 0.1) is 6.92 Å². The van der Waals surface area contributed by atoms with Gasteiger partial charge in [-0.15, -0.1) is 0 Å². The fourth-order valence-electron chi connectivity index (χ4n) is 1.73. The van der Waals surface area contributed by atoms with Gasteiger partial charge >= 0.3 is 5.69 Å². The molecule has 1 aromatic heterocycles. The molecule has 88 valence electrons. The average Bonchev–Trinajstić information content (AvgIpc) is 2.34. The molecule has 0 aliphatic carbocycles. The van der Waals surface area contributed by atoms with Crippen LogP contribution in [0.15, 0.2) is 41.5 Å². The second-order valence-corrected chi connectivity index (χ2v) is 4.07. The van der Waals surface area contributed by atoms with Gasteiger partial charge in [-0.1, -0.05) is 24.3 Å². The highest BCUT2D eigenvalue weighted by Gasteiger charge is 2.00. The minimum absolute atomic E-state index is 0.228. The summed E-state index contributed by atoms with van der Waals surface area (Å²) in [7, 11) is 0. The lowest BCUT2D eigenvalue weighted by Gasteiger charge is -2.07. The van der Waals surface area contributed by atoms with Crippen molar-refractivity contribution < 1.29 is 0 Å². The van der Waals surface area contributed by atoms with E-state index in [0.29, 0.717) is 13.1 Å². The van der Waals surface area contributed by atoms with Crippen LogP contribution in [-0.4, -0.2) is 9.55 Å². The van der Waals surface area contributed by atoms with E-state index in [1.165, 1.54) is 0 Å². The molecule has 2 rings (SSSR count). The van der Waals surface area contributed by atoms with Crippen molar-refractivity contribution in [2.24, 2.45) is 5.73 Å². The fourth-order valence-corrected chi connectivity index (χ4v) is 1.73. The lowest BCUT2D eigenvalue weighted by atomic mass is 10.1. The number of nitrogens with zero attached hydrogens (tertiary/aromatic N) is 2. The molecule has 0 saturated heterocycles. The lowest BCUT2D eigenvalue weighted by molar-refractivity contribution is 0.720. The van der Waals surface area contributed by atoms with Gasteiger partial charge in [-0.05, 0) is 23.6 Å². The zero-order chi connectivity index (χ0) is 12.3. The van der Waals surface area contributed by atoms with Gasteiger partial charge in [0, 0.05) is 18.9 Å². The smallest absolute Gasteiger partial charge is 0.326 e. The first-order valence-electron chi connectivity index (χ1n) is 5.50. The van der Waals surface area contributed by atoms with Crippen LogP contribution in [0.3, 0.4) is 0 Å². The predicted molar refractivity (Wildman–Crippen MR) is 66.7 cm³/mol. The van der Waals surface area contributed by atoms with Crippen molar-refractivity contribution in [3.05, 3.63) is 63.8 Å². The van der Waals surface area contributed by atoms with Gasteiger partial charge in [0.1, 0.15) is 0 Å². The zero-order valence-electron chi connectivity index (χ0n) is 9.76. The summed E-state index contributed by atoms with van der Waals surface area (Å²) in [6.07, 6.45) is 3.39. The van der Waals surface area contributed by atoms with E-state index in [4.69, 9.17) is 5.73 Å². The van der Waals surface area contributed by atoms with Crippen molar-refractivity contribution in [3.63, 3.8) is 0 Å². The number of hydrogen-bond acceptors (Lipinski definition) is 3. The van der Waals surface area contributed by atoms with Gasteiger partial charge in [0.05, 0.1) is 6.54 Å². The van der Waals surface area contributed by atoms with Crippen LogP contribution in [0.25, 0.3) is 0 Å². The minimum Gasteiger partial charge on any atom is -0.326 e. The van der Waals surface area contributed by atoms with E-state index >= 15 is 0 Å². The molecular weight excluding hydrogens is 214 g/mol. The SMILES string of the molecule is Cc1cnc(=O)n(Cc2cccc(CN)c2)c1. The molecule has 4 nitrogen and oxygen atoms in total. The third-order valence-electron chi connectivity index (χ3n) is 2.56. The van der Waals surface area contributed by atoms with Crippen molar-refractivity contribution in [2.75, 3.05) is 0 Å². The molecule has 0 fully saturated rings. The first-order chi connectivity index (χ1) is 8.19. The van der Waals surface area contributed by atoms with Crippen molar-refractivity contribution in [3.8, 4) is 0 Å². The van der Waals surface area contributed by atoms with E-state index in [1.54, 1.807) is 10.8 Å². The maximum Gasteiger partial charge on any atom is 0.347 e. The molecule has 0 aliphatic heterocycles. The van der Waals surface area contributed by atoms with E-state index in [9.17, 15) is 4.79 Å². The topological polar surface area (TPSA) is 60.9 Å². The Kier molecular flexibility index (Phi) is 3.35. The van der Waals surface area contributed by atoms with Gasteiger partial charge in [0.15, 0.2) is 0 Å². The Labute approximate surface area is 99.7 Å². The Balaban J connectivity index is 2.31. The highest BCUT2D eigenvalue weighted by molar-refractivity contribution is 5.23. The second-order valence-electron chi connectivity index (χ2n) is 4.07. The van der Waals surface area contributed by atoms with Gasteiger partial charge in [-0.3, -0.25) is 4.57 Å². The number of benzene rings is 1. The largest absolute Gasteiger partial charge is 0.347 e. The average molecular weight is 229 g/mol. The van der Waals surface area contributed by atoms with Gasteiger partial charge in [-0.25, -0.2) is 9.78 Å². The highest BCUT2D eigenvalue weighted by Crippen LogP contribution is 2.06. The van der Waals surface area contributed by atoms with E-state index in [2.05, 4.69) is 4.98 Å². The van der Waals surface area contributed by atoms with Gasteiger partial charge in [0.2, 0.25) is 0 Å². The molecule has 17 heavy (non-hydrogen) atoms. The summed E-state index contributed by atoms with van der Waals surface area (Å²) in [5.41, 5.74) is 8.45. The number of aryl methyl sites for hydroxylation is 1. The van der Waals surface area contributed by atoms with Crippen LogP contribution in [-0.2, 0) is 13.1 Å². The molecule has 2 N–H and O–H groups in total. The minimum atomic E-state index is -0.228. The standard InChI is InChI=1S/C13H15N3O/c1-10-7-15-13(17)16(8-10)9-12-4-2-3-11(5-12)6-14/h2-5,7-8H,6,9,14H2,1H3. The van der Waals surface area contributed by atoms with Crippen LogP contribution < -0.4 is 11.4 Å². The molecular formula is C13H15N3O. The summed E-state index contributed by atoms with van der Waals surface area (Å²) in [6.45, 7) is 2.95. The first kappa shape index (κ1) is 11.5. The molecule has 0 radical (unpaired) electrons. The number of hydrogen-bond donors (Lipinski definition) is 1. The van der Waals surface area contributed by atoms with Crippen LogP contribution in [0.4, 0.5) is 0 Å². The lowest BCUT2D eigenvalue weighted by Crippen LogP contribution is -2.22.